The van der Waals surface area contributed by atoms with Gasteiger partial charge < -0.3 is 0 Å². The molecule has 1 aliphatic carbocycles. The Morgan fingerprint density at radius 1 is 1.25 bits per heavy atom. The van der Waals surface area contributed by atoms with Gasteiger partial charge in [0, 0.05) is 12.0 Å². The summed E-state index contributed by atoms with van der Waals surface area (Å²) in [5, 5.41) is 0. The van der Waals surface area contributed by atoms with Crippen molar-refractivity contribution in [3.8, 4) is 0 Å². The molecular formula is C12H16O3S. The monoisotopic (exact) mass is 240 g/mol. The highest BCUT2D eigenvalue weighted by Gasteiger charge is 2.65. The molecule has 0 N–H and O–H groups in total. The molecule has 88 valence electrons. The maximum atomic E-state index is 12.2. The van der Waals surface area contributed by atoms with E-state index in [2.05, 4.69) is 13.8 Å². The molecule has 0 aromatic heterocycles. The van der Waals surface area contributed by atoms with Crippen molar-refractivity contribution >= 4 is 17.5 Å². The number of carbonyl (C=O) groups is 1. The first-order chi connectivity index (χ1) is 7.28. The van der Waals surface area contributed by atoms with Crippen molar-refractivity contribution in [2.24, 2.45) is 5.41 Å². The van der Waals surface area contributed by atoms with E-state index in [1.165, 1.54) is 0 Å². The van der Waals surface area contributed by atoms with Crippen molar-refractivity contribution in [2.45, 2.75) is 50.4 Å². The Kier molecular flexibility index (Phi) is 1.85. The smallest absolute Gasteiger partial charge is 0.181 e. The molecule has 2 unspecified atom stereocenters. The van der Waals surface area contributed by atoms with E-state index in [1.54, 1.807) is 11.8 Å². The second kappa shape index (κ2) is 2.74. The van der Waals surface area contributed by atoms with E-state index >= 15 is 0 Å². The summed E-state index contributed by atoms with van der Waals surface area (Å²) in [6.07, 6.45) is 1.46. The van der Waals surface area contributed by atoms with Gasteiger partial charge in [-0.05, 0) is 31.3 Å². The van der Waals surface area contributed by atoms with Gasteiger partial charge in [-0.2, -0.15) is 0 Å². The zero-order valence-electron chi connectivity index (χ0n) is 10.0. The van der Waals surface area contributed by atoms with Crippen LogP contribution >= 0.6 is 11.8 Å². The van der Waals surface area contributed by atoms with Crippen LogP contribution in [0.5, 0.6) is 0 Å². The number of ketones is 1. The quantitative estimate of drug-likeness (QED) is 0.610. The number of carbonyl (C=O) groups excluding carboxylic acids is 1. The van der Waals surface area contributed by atoms with E-state index in [4.69, 9.17) is 9.78 Å². The maximum Gasteiger partial charge on any atom is 0.181 e. The van der Waals surface area contributed by atoms with Crippen molar-refractivity contribution in [2.75, 3.05) is 0 Å². The molecule has 2 atom stereocenters. The Morgan fingerprint density at radius 3 is 2.62 bits per heavy atom. The lowest BCUT2D eigenvalue weighted by molar-refractivity contribution is -0.346. The fourth-order valence-electron chi connectivity index (χ4n) is 3.03. The van der Waals surface area contributed by atoms with Crippen molar-refractivity contribution in [1.82, 2.24) is 0 Å². The Bertz CT molecular complexity index is 426. The van der Waals surface area contributed by atoms with Gasteiger partial charge in [-0.15, -0.1) is 0 Å². The predicted molar refractivity (Wildman–Crippen MR) is 61.6 cm³/mol. The van der Waals surface area contributed by atoms with Crippen LogP contribution in [-0.4, -0.2) is 15.6 Å². The van der Waals surface area contributed by atoms with Crippen LogP contribution in [0.4, 0.5) is 0 Å². The molecule has 0 amide bonds. The number of Topliss-reactive ketones (excluding diaryl/α,β-unsaturated/α-hetero) is 1. The SMILES string of the molecule is CC1=C2C(=O)CC(C)(C)CC23OOC1(C)S3. The summed E-state index contributed by atoms with van der Waals surface area (Å²) in [6, 6.07) is 0. The van der Waals surface area contributed by atoms with Gasteiger partial charge >= 0.3 is 0 Å². The minimum atomic E-state index is -0.530. The molecule has 1 saturated heterocycles. The van der Waals surface area contributed by atoms with Gasteiger partial charge in [0.2, 0.25) is 0 Å². The van der Waals surface area contributed by atoms with E-state index in [-0.39, 0.29) is 11.2 Å². The molecule has 3 aliphatic rings. The lowest BCUT2D eigenvalue weighted by Crippen LogP contribution is -2.43. The summed E-state index contributed by atoms with van der Waals surface area (Å²) in [7, 11) is 0. The van der Waals surface area contributed by atoms with Crippen molar-refractivity contribution in [3.05, 3.63) is 11.1 Å². The molecule has 3 nitrogen and oxygen atoms in total. The van der Waals surface area contributed by atoms with Crippen molar-refractivity contribution in [1.29, 1.82) is 0 Å². The van der Waals surface area contributed by atoms with E-state index < -0.39 is 9.87 Å². The standard InChI is InChI=1S/C12H16O3S/c1-7-9-8(13)5-10(2,3)6-12(9)15-14-11(7,4)16-12/h5-6H2,1-4H3. The Hall–Kier alpha value is -0.320. The number of fused-ring (bicyclic) bond motifs is 1. The van der Waals surface area contributed by atoms with E-state index in [1.807, 2.05) is 13.8 Å². The van der Waals surface area contributed by atoms with Crippen molar-refractivity contribution < 1.29 is 14.6 Å². The topological polar surface area (TPSA) is 35.5 Å². The average molecular weight is 240 g/mol. The number of thioether (sulfide) groups is 1. The van der Waals surface area contributed by atoms with Gasteiger partial charge in [0.1, 0.15) is 0 Å². The van der Waals surface area contributed by atoms with E-state index in [0.717, 1.165) is 17.6 Å². The summed E-state index contributed by atoms with van der Waals surface area (Å²) in [5.74, 6) is 0.230. The molecule has 2 aliphatic heterocycles. The average Bonchev–Trinajstić information content (AvgIpc) is 2.50. The van der Waals surface area contributed by atoms with Gasteiger partial charge in [0.05, 0.1) is 0 Å². The molecule has 2 heterocycles. The third-order valence-corrected chi connectivity index (χ3v) is 5.27. The predicted octanol–water partition coefficient (Wildman–Crippen LogP) is 2.81. The molecule has 0 aromatic carbocycles. The first kappa shape index (κ1) is 10.8. The summed E-state index contributed by atoms with van der Waals surface area (Å²) in [4.78, 5) is 22.2. The first-order valence-electron chi connectivity index (χ1n) is 5.60. The zero-order chi connectivity index (χ0) is 11.8. The van der Waals surface area contributed by atoms with E-state index in [0.29, 0.717) is 6.42 Å². The van der Waals surface area contributed by atoms with Crippen LogP contribution in [0.1, 0.15) is 40.5 Å². The molecule has 2 bridgehead atoms. The normalized spacial score (nSPS) is 45.1. The van der Waals surface area contributed by atoms with Crippen molar-refractivity contribution in [3.63, 3.8) is 0 Å². The molecular weight excluding hydrogens is 224 g/mol. The largest absolute Gasteiger partial charge is 0.294 e. The van der Waals surface area contributed by atoms with Crippen LogP contribution in [0.2, 0.25) is 0 Å². The minimum absolute atomic E-state index is 0.00713. The van der Waals surface area contributed by atoms with Crippen LogP contribution in [0.15, 0.2) is 11.1 Å². The highest BCUT2D eigenvalue weighted by atomic mass is 32.2. The van der Waals surface area contributed by atoms with E-state index in [9.17, 15) is 4.79 Å². The molecule has 3 rings (SSSR count). The third kappa shape index (κ3) is 1.15. The van der Waals surface area contributed by atoms with Crippen LogP contribution < -0.4 is 0 Å². The summed E-state index contributed by atoms with van der Waals surface area (Å²) < 4.78 is 0. The number of hydrogen-bond acceptors (Lipinski definition) is 4. The van der Waals surface area contributed by atoms with Crippen LogP contribution in [0.25, 0.3) is 0 Å². The minimum Gasteiger partial charge on any atom is -0.294 e. The van der Waals surface area contributed by atoms with Crippen LogP contribution in [0.3, 0.4) is 0 Å². The molecule has 4 heteroatoms. The van der Waals surface area contributed by atoms with Gasteiger partial charge in [-0.3, -0.25) is 4.79 Å². The Balaban J connectivity index is 2.15. The third-order valence-electron chi connectivity index (χ3n) is 3.76. The Morgan fingerprint density at radius 2 is 1.94 bits per heavy atom. The van der Waals surface area contributed by atoms with Crippen LogP contribution in [0, 0.1) is 5.41 Å². The van der Waals surface area contributed by atoms with Gasteiger partial charge in [-0.25, -0.2) is 9.78 Å². The summed E-state index contributed by atoms with van der Waals surface area (Å²) in [6.45, 7) is 8.20. The molecule has 1 saturated carbocycles. The summed E-state index contributed by atoms with van der Waals surface area (Å²) >= 11 is 1.64. The zero-order valence-corrected chi connectivity index (χ0v) is 10.9. The van der Waals surface area contributed by atoms with Gasteiger partial charge in [0.15, 0.2) is 15.6 Å². The summed E-state index contributed by atoms with van der Waals surface area (Å²) in [5.41, 5.74) is 1.90. The maximum absolute atomic E-state index is 12.2. The van der Waals surface area contributed by atoms with Crippen LogP contribution in [-0.2, 0) is 14.6 Å². The fourth-order valence-corrected chi connectivity index (χ4v) is 4.88. The van der Waals surface area contributed by atoms with Gasteiger partial charge in [-0.1, -0.05) is 25.6 Å². The second-order valence-electron chi connectivity index (χ2n) is 5.91. The molecule has 1 spiro atoms. The highest BCUT2D eigenvalue weighted by Crippen LogP contribution is 2.66. The molecule has 16 heavy (non-hydrogen) atoms. The number of hydrogen-bond donors (Lipinski definition) is 0. The lowest BCUT2D eigenvalue weighted by atomic mass is 9.71. The highest BCUT2D eigenvalue weighted by molar-refractivity contribution is 8.02. The molecule has 2 fully saturated rings. The molecule has 0 aromatic rings. The molecule has 0 radical (unpaired) electrons. The Labute approximate surface area is 99.5 Å². The number of rotatable bonds is 0. The lowest BCUT2D eigenvalue weighted by Gasteiger charge is -2.40. The first-order valence-corrected chi connectivity index (χ1v) is 6.42. The fraction of sp³-hybridized carbons (Fsp3) is 0.750. The van der Waals surface area contributed by atoms with Gasteiger partial charge in [0.25, 0.3) is 0 Å². The second-order valence-corrected chi connectivity index (χ2v) is 7.55.